The van der Waals surface area contributed by atoms with E-state index in [1.54, 1.807) is 0 Å². The van der Waals surface area contributed by atoms with Gasteiger partial charge in [-0.15, -0.1) is 0 Å². The molecule has 0 aliphatic rings. The van der Waals surface area contributed by atoms with E-state index in [-0.39, 0.29) is 25.7 Å². The van der Waals surface area contributed by atoms with Crippen molar-refractivity contribution in [3.05, 3.63) is 134 Å². The van der Waals surface area contributed by atoms with Crippen LogP contribution in [0.2, 0.25) is 0 Å². The number of ether oxygens (including phenoxy) is 4. The monoisotopic (exact) mass is 1530 g/mol. The Morgan fingerprint density at radius 1 is 0.274 bits per heavy atom. The van der Waals surface area contributed by atoms with Gasteiger partial charge in [0.05, 0.1) is 26.4 Å². The molecular weight excluding hydrogens is 1380 g/mol. The molecule has 0 spiro atoms. The van der Waals surface area contributed by atoms with E-state index in [1.165, 1.54) is 64.2 Å². The van der Waals surface area contributed by atoms with Gasteiger partial charge in [0.1, 0.15) is 19.3 Å². The molecule has 19 heteroatoms. The first kappa shape index (κ1) is 101. The predicted molar refractivity (Wildman–Crippen MR) is 436 cm³/mol. The molecule has 0 aliphatic heterocycles. The number of aliphatic hydroxyl groups excluding tert-OH is 1. The van der Waals surface area contributed by atoms with Crippen LogP contribution in [0.15, 0.2) is 134 Å². The zero-order chi connectivity index (χ0) is 77.4. The third kappa shape index (κ3) is 77.4. The number of phosphoric ester groups is 2. The molecule has 5 unspecified atom stereocenters. The van der Waals surface area contributed by atoms with Crippen molar-refractivity contribution in [2.75, 3.05) is 39.6 Å². The molecule has 0 bridgehead atoms. The van der Waals surface area contributed by atoms with E-state index in [9.17, 15) is 43.2 Å². The molecule has 106 heavy (non-hydrogen) atoms. The summed E-state index contributed by atoms with van der Waals surface area (Å²) in [4.78, 5) is 73.2. The zero-order valence-electron chi connectivity index (χ0n) is 66.6. The lowest BCUT2D eigenvalue weighted by Crippen LogP contribution is -2.30. The smallest absolute Gasteiger partial charge is 0.462 e. The highest BCUT2D eigenvalue weighted by molar-refractivity contribution is 7.47. The van der Waals surface area contributed by atoms with E-state index in [1.807, 2.05) is 0 Å². The molecule has 0 aliphatic carbocycles. The largest absolute Gasteiger partial charge is 0.472 e. The number of esters is 4. The van der Waals surface area contributed by atoms with Gasteiger partial charge in [-0.3, -0.25) is 37.3 Å². The SMILES string of the molecule is CC/C=C\C/C=C\C/C=C\C/C=C\CCCCCCCCC(=O)OCC(COP(=O)(O)OCC(O)COP(=O)(O)OCC(COC(=O)CCCCCCC/C=C\C/C=C\C/C=C\CC)OC(=O)CCCCCCCCCCCCCCCCC)OC(=O)CCCCCC/C=C\C/C=C\C/C=C\C/C=C\CC. The number of hydrogen-bond donors (Lipinski definition) is 3. The summed E-state index contributed by atoms with van der Waals surface area (Å²) in [7, 11) is -9.98. The van der Waals surface area contributed by atoms with Gasteiger partial charge >= 0.3 is 39.5 Å². The molecule has 0 rings (SSSR count). The van der Waals surface area contributed by atoms with Crippen molar-refractivity contribution in [1.82, 2.24) is 0 Å². The van der Waals surface area contributed by atoms with E-state index in [0.717, 1.165) is 193 Å². The number of carbonyl (C=O) groups excluding carboxylic acids is 4. The van der Waals surface area contributed by atoms with E-state index in [2.05, 4.69) is 161 Å². The summed E-state index contributed by atoms with van der Waals surface area (Å²) in [5.74, 6) is -2.22. The number of aliphatic hydroxyl groups is 1. The summed E-state index contributed by atoms with van der Waals surface area (Å²) in [6, 6.07) is 0. The van der Waals surface area contributed by atoms with Crippen LogP contribution < -0.4 is 0 Å². The van der Waals surface area contributed by atoms with Crippen molar-refractivity contribution in [3.8, 4) is 0 Å². The fourth-order valence-electron chi connectivity index (χ4n) is 10.9. The molecule has 0 amide bonds. The van der Waals surface area contributed by atoms with Crippen molar-refractivity contribution in [2.45, 2.75) is 354 Å². The van der Waals surface area contributed by atoms with Crippen LogP contribution in [0.25, 0.3) is 0 Å². The first-order valence-electron chi connectivity index (χ1n) is 41.4. The van der Waals surface area contributed by atoms with E-state index >= 15 is 0 Å². The Morgan fingerprint density at radius 3 is 0.755 bits per heavy atom. The van der Waals surface area contributed by atoms with Crippen molar-refractivity contribution >= 4 is 39.5 Å². The molecule has 17 nitrogen and oxygen atoms in total. The normalized spacial score (nSPS) is 14.5. The second-order valence-electron chi connectivity index (χ2n) is 27.3. The van der Waals surface area contributed by atoms with Crippen molar-refractivity contribution in [2.24, 2.45) is 0 Å². The van der Waals surface area contributed by atoms with Gasteiger partial charge in [-0.25, -0.2) is 9.13 Å². The first-order chi connectivity index (χ1) is 51.7. The minimum Gasteiger partial charge on any atom is -0.462 e. The average Bonchev–Trinajstić information content (AvgIpc) is 0.902. The topological polar surface area (TPSA) is 237 Å². The Hall–Kier alpha value is -4.80. The second-order valence-corrected chi connectivity index (χ2v) is 30.2. The highest BCUT2D eigenvalue weighted by Crippen LogP contribution is 2.45. The Labute approximate surface area is 644 Å². The van der Waals surface area contributed by atoms with Crippen molar-refractivity contribution < 1.29 is 80.2 Å². The van der Waals surface area contributed by atoms with Crippen LogP contribution in [0.3, 0.4) is 0 Å². The minimum atomic E-state index is -4.99. The van der Waals surface area contributed by atoms with Gasteiger partial charge in [-0.1, -0.05) is 309 Å². The zero-order valence-corrected chi connectivity index (χ0v) is 68.4. The molecular formula is C87H148O17P2. The van der Waals surface area contributed by atoms with Crippen molar-refractivity contribution in [3.63, 3.8) is 0 Å². The van der Waals surface area contributed by atoms with Crippen LogP contribution in [-0.2, 0) is 65.4 Å². The lowest BCUT2D eigenvalue weighted by atomic mass is 10.0. The fraction of sp³-hybridized carbons (Fsp3) is 0.701. The highest BCUT2D eigenvalue weighted by Gasteiger charge is 2.30. The number of rotatable bonds is 77. The number of allylic oxidation sites excluding steroid dienone is 22. The van der Waals surface area contributed by atoms with Gasteiger partial charge in [-0.2, -0.15) is 0 Å². The molecule has 3 N–H and O–H groups in total. The summed E-state index contributed by atoms with van der Waals surface area (Å²) in [5.41, 5.74) is 0. The maximum Gasteiger partial charge on any atom is 0.472 e. The highest BCUT2D eigenvalue weighted by atomic mass is 31.2. The van der Waals surface area contributed by atoms with Gasteiger partial charge in [0.2, 0.25) is 0 Å². The molecule has 0 aromatic heterocycles. The molecule has 608 valence electrons. The minimum absolute atomic E-state index is 0.0604. The van der Waals surface area contributed by atoms with Gasteiger partial charge in [0.15, 0.2) is 12.2 Å². The second kappa shape index (κ2) is 78.3. The molecule has 0 aromatic carbocycles. The average molecular weight is 1530 g/mol. The van der Waals surface area contributed by atoms with Gasteiger partial charge in [-0.05, 0) is 135 Å². The summed E-state index contributed by atoms with van der Waals surface area (Å²) < 4.78 is 68.7. The lowest BCUT2D eigenvalue weighted by molar-refractivity contribution is -0.161. The standard InChI is InChI=1S/C87H148O17P2/c1-5-9-13-17-21-25-29-33-37-39-40-42-45-48-52-56-60-64-68-72-85(90)98-78-83(104-87(92)74-70-66-62-58-54-50-46-41-38-34-30-26-22-18-14-10-6-2)80-102-106(95,96)100-76-81(88)75-99-105(93,94)101-79-82(103-86(91)73-69-65-61-57-53-49-44-36-32-28-24-20-16-12-8-4)77-97-84(89)71-67-63-59-55-51-47-43-35-31-27-23-19-15-11-7-3/h9-11,13-15,21-23,25-27,33-35,37-38,40,42-43,46,50,81-83,88H,5-8,12,16-20,24,28-32,36,39,41,44-45,47-49,51-80H2,1-4H3,(H,93,94)(H,95,96)/b13-9-,14-10-,15-11-,25-21-,26-22-,27-23-,37-33-,38-34-,42-40-,43-35-,50-46-. The summed E-state index contributed by atoms with van der Waals surface area (Å²) >= 11 is 0. The Morgan fingerprint density at radius 2 is 0.491 bits per heavy atom. The third-order valence-electron chi connectivity index (χ3n) is 17.1. The number of unbranched alkanes of at least 4 members (excludes halogenated alkanes) is 29. The summed E-state index contributed by atoms with van der Waals surface area (Å²) in [6.45, 7) is 4.52. The Bertz CT molecular complexity index is 2530. The van der Waals surface area contributed by atoms with E-state index < -0.39 is 97.5 Å². The first-order valence-corrected chi connectivity index (χ1v) is 44.4. The van der Waals surface area contributed by atoms with Gasteiger partial charge in [0, 0.05) is 25.7 Å². The molecule has 0 aromatic rings. The molecule has 0 heterocycles. The van der Waals surface area contributed by atoms with Crippen LogP contribution in [-0.4, -0.2) is 96.7 Å². The lowest BCUT2D eigenvalue weighted by Gasteiger charge is -2.21. The van der Waals surface area contributed by atoms with E-state index in [4.69, 9.17) is 37.0 Å². The predicted octanol–water partition coefficient (Wildman–Crippen LogP) is 24.4. The quantitative estimate of drug-likeness (QED) is 0.0169. The molecule has 0 fully saturated rings. The van der Waals surface area contributed by atoms with Crippen LogP contribution >= 0.6 is 15.6 Å². The van der Waals surface area contributed by atoms with Crippen LogP contribution in [0, 0.1) is 0 Å². The number of hydrogen-bond acceptors (Lipinski definition) is 15. The van der Waals surface area contributed by atoms with Crippen LogP contribution in [0.1, 0.15) is 336 Å². The Kier molecular flexibility index (Phi) is 74.8. The number of phosphoric acid groups is 2. The van der Waals surface area contributed by atoms with Crippen molar-refractivity contribution in [1.29, 1.82) is 0 Å². The maximum absolute atomic E-state index is 13.1. The molecule has 5 atom stereocenters. The third-order valence-corrected chi connectivity index (χ3v) is 19.0. The van der Waals surface area contributed by atoms with Crippen LogP contribution in [0.5, 0.6) is 0 Å². The van der Waals surface area contributed by atoms with Gasteiger partial charge < -0.3 is 33.8 Å². The summed E-state index contributed by atoms with van der Waals surface area (Å²) in [6.07, 6.45) is 88.4. The van der Waals surface area contributed by atoms with Gasteiger partial charge in [0.25, 0.3) is 0 Å². The molecule has 0 radical (unpaired) electrons. The molecule has 0 saturated carbocycles. The van der Waals surface area contributed by atoms with E-state index in [0.29, 0.717) is 25.7 Å². The molecule has 0 saturated heterocycles. The number of carbonyl (C=O) groups is 4. The maximum atomic E-state index is 13.1. The fourth-order valence-corrected chi connectivity index (χ4v) is 12.5. The Balaban J connectivity index is 5.41. The van der Waals surface area contributed by atoms with Crippen LogP contribution in [0.4, 0.5) is 0 Å². The summed E-state index contributed by atoms with van der Waals surface area (Å²) in [5, 5.41) is 10.7.